The predicted molar refractivity (Wildman–Crippen MR) is 101 cm³/mol. The molecule has 24 heavy (non-hydrogen) atoms. The molecule has 2 rings (SSSR count). The van der Waals surface area contributed by atoms with Gasteiger partial charge in [0.05, 0.1) is 16.1 Å². The van der Waals surface area contributed by atoms with Crippen molar-refractivity contribution < 1.29 is 13.6 Å². The maximum absolute atomic E-state index is 15.1. The Balaban J connectivity index is 2.49. The van der Waals surface area contributed by atoms with Crippen molar-refractivity contribution in [3.8, 4) is 0 Å². The first-order valence-electron chi connectivity index (χ1n) is 8.31. The molecule has 0 aromatic heterocycles. The summed E-state index contributed by atoms with van der Waals surface area (Å²) >= 11 is 3.26. The van der Waals surface area contributed by atoms with Crippen molar-refractivity contribution in [3.05, 3.63) is 33.0 Å². The number of halogens is 2. The molecule has 0 bridgehead atoms. The highest BCUT2D eigenvalue weighted by molar-refractivity contribution is 9.10. The van der Waals surface area contributed by atoms with Crippen molar-refractivity contribution in [2.24, 2.45) is 5.92 Å². The molecule has 2 unspecified atom stereocenters. The van der Waals surface area contributed by atoms with Crippen molar-refractivity contribution in [1.29, 1.82) is 0 Å². The van der Waals surface area contributed by atoms with Gasteiger partial charge < -0.3 is 9.74 Å². The van der Waals surface area contributed by atoms with E-state index in [0.29, 0.717) is 11.1 Å². The molecule has 3 nitrogen and oxygen atoms in total. The van der Waals surface area contributed by atoms with Crippen molar-refractivity contribution in [3.63, 3.8) is 0 Å². The Bertz CT molecular complexity index is 670. The van der Waals surface area contributed by atoms with Crippen molar-refractivity contribution in [2.45, 2.75) is 58.4 Å². The van der Waals surface area contributed by atoms with Crippen LogP contribution in [0.3, 0.4) is 0 Å². The molecule has 1 amide bonds. The van der Waals surface area contributed by atoms with Gasteiger partial charge in [-0.25, -0.2) is 4.39 Å². The third-order valence-electron chi connectivity index (χ3n) is 5.37. The Morgan fingerprint density at radius 1 is 1.42 bits per heavy atom. The van der Waals surface area contributed by atoms with Gasteiger partial charge in [-0.15, -0.1) is 0 Å². The standard InChI is InChI=1S/C18H27BrFNO2Si/c1-10-8-11-9-12(17(22)21-5)14(19)15(20)13(11)16(10)23-24(6,7)18(2,3)4/h9-10,16H,8H2,1-7H3,(H,21,22). The van der Waals surface area contributed by atoms with Crippen LogP contribution in [0.15, 0.2) is 10.5 Å². The Labute approximate surface area is 153 Å². The first kappa shape index (κ1) is 19.6. The van der Waals surface area contributed by atoms with E-state index >= 15 is 4.39 Å². The molecule has 0 radical (unpaired) electrons. The van der Waals surface area contributed by atoms with Gasteiger partial charge in [0.1, 0.15) is 5.82 Å². The summed E-state index contributed by atoms with van der Waals surface area (Å²) in [7, 11) is -0.477. The highest BCUT2D eigenvalue weighted by Crippen LogP contribution is 2.48. The van der Waals surface area contributed by atoms with Crippen LogP contribution in [-0.4, -0.2) is 21.3 Å². The second-order valence-electron chi connectivity index (χ2n) is 8.18. The number of amides is 1. The van der Waals surface area contributed by atoms with E-state index in [0.717, 1.165) is 12.0 Å². The van der Waals surface area contributed by atoms with E-state index in [2.05, 4.69) is 62.0 Å². The average Bonchev–Trinajstić information content (AvgIpc) is 2.76. The number of hydrogen-bond donors (Lipinski definition) is 1. The maximum atomic E-state index is 15.1. The molecule has 0 saturated heterocycles. The molecular formula is C18H27BrFNO2Si. The number of carbonyl (C=O) groups excluding carboxylic acids is 1. The number of nitrogens with one attached hydrogen (secondary N) is 1. The average molecular weight is 416 g/mol. The highest BCUT2D eigenvalue weighted by atomic mass is 79.9. The van der Waals surface area contributed by atoms with Crippen LogP contribution in [-0.2, 0) is 10.8 Å². The maximum Gasteiger partial charge on any atom is 0.252 e. The third kappa shape index (κ3) is 3.33. The first-order chi connectivity index (χ1) is 10.9. The summed E-state index contributed by atoms with van der Waals surface area (Å²) in [5.41, 5.74) is 1.84. The minimum Gasteiger partial charge on any atom is -0.410 e. The Hall–Kier alpha value is -0.723. The van der Waals surface area contributed by atoms with Crippen LogP contribution in [0.1, 0.15) is 55.3 Å². The van der Waals surface area contributed by atoms with E-state index < -0.39 is 8.32 Å². The third-order valence-corrected chi connectivity index (χ3v) is 10.6. The quantitative estimate of drug-likeness (QED) is 0.688. The molecular weight excluding hydrogens is 389 g/mol. The lowest BCUT2D eigenvalue weighted by molar-refractivity contribution is 0.0961. The number of rotatable bonds is 3. The van der Waals surface area contributed by atoms with E-state index in [9.17, 15) is 4.79 Å². The van der Waals surface area contributed by atoms with Crippen LogP contribution in [0.2, 0.25) is 18.1 Å². The SMILES string of the molecule is CNC(=O)c1cc2c(c(F)c1Br)C(O[Si](C)(C)C(C)(C)C)C(C)C2. The molecule has 2 atom stereocenters. The van der Waals surface area contributed by atoms with Gasteiger partial charge in [-0.1, -0.05) is 27.7 Å². The fourth-order valence-electron chi connectivity index (χ4n) is 2.88. The summed E-state index contributed by atoms with van der Waals surface area (Å²) in [4.78, 5) is 12.0. The van der Waals surface area contributed by atoms with Gasteiger partial charge in [-0.3, -0.25) is 4.79 Å². The van der Waals surface area contributed by atoms with Crippen LogP contribution in [0.4, 0.5) is 4.39 Å². The molecule has 0 heterocycles. The van der Waals surface area contributed by atoms with Crippen LogP contribution in [0.5, 0.6) is 0 Å². The topological polar surface area (TPSA) is 38.3 Å². The lowest BCUT2D eigenvalue weighted by Gasteiger charge is -2.39. The van der Waals surface area contributed by atoms with Crippen LogP contribution < -0.4 is 5.32 Å². The molecule has 6 heteroatoms. The van der Waals surface area contributed by atoms with E-state index in [4.69, 9.17) is 4.43 Å². The van der Waals surface area contributed by atoms with Crippen LogP contribution >= 0.6 is 15.9 Å². The van der Waals surface area contributed by atoms with Crippen LogP contribution in [0, 0.1) is 11.7 Å². The van der Waals surface area contributed by atoms with Crippen molar-refractivity contribution in [1.82, 2.24) is 5.32 Å². The second-order valence-corrected chi connectivity index (χ2v) is 13.7. The van der Waals surface area contributed by atoms with Gasteiger partial charge in [0.15, 0.2) is 8.32 Å². The zero-order valence-electron chi connectivity index (χ0n) is 15.5. The Kier molecular flexibility index (Phi) is 5.34. The minimum absolute atomic E-state index is 0.0607. The Morgan fingerprint density at radius 3 is 2.50 bits per heavy atom. The minimum atomic E-state index is -2.02. The second kappa shape index (κ2) is 6.54. The fourth-order valence-corrected chi connectivity index (χ4v) is 4.72. The zero-order chi connectivity index (χ0) is 18.4. The molecule has 134 valence electrons. The molecule has 0 spiro atoms. The predicted octanol–water partition coefficient (Wildman–Crippen LogP) is 5.20. The Morgan fingerprint density at radius 2 is 2.00 bits per heavy atom. The normalized spacial score (nSPS) is 20.9. The molecule has 1 aromatic carbocycles. The molecule has 1 aromatic rings. The largest absolute Gasteiger partial charge is 0.410 e. The smallest absolute Gasteiger partial charge is 0.252 e. The van der Waals surface area contributed by atoms with Gasteiger partial charge in [0, 0.05) is 12.6 Å². The van der Waals surface area contributed by atoms with Gasteiger partial charge in [-0.05, 0) is 58.0 Å². The summed E-state index contributed by atoms with van der Waals surface area (Å²) in [6.07, 6.45) is 0.471. The summed E-state index contributed by atoms with van der Waals surface area (Å²) < 4.78 is 21.8. The zero-order valence-corrected chi connectivity index (χ0v) is 18.1. The lowest BCUT2D eigenvalue weighted by Crippen LogP contribution is -2.42. The molecule has 0 fully saturated rings. The number of hydrogen-bond acceptors (Lipinski definition) is 2. The summed E-state index contributed by atoms with van der Waals surface area (Å²) in [6.45, 7) is 13.0. The van der Waals surface area contributed by atoms with E-state index in [1.165, 1.54) is 0 Å². The molecule has 1 aliphatic carbocycles. The molecule has 1 N–H and O–H groups in total. The summed E-state index contributed by atoms with van der Waals surface area (Å²) in [6, 6.07) is 1.80. The van der Waals surface area contributed by atoms with Crippen LogP contribution in [0.25, 0.3) is 0 Å². The molecule has 0 saturated carbocycles. The lowest BCUT2D eigenvalue weighted by atomic mass is 10.0. The van der Waals surface area contributed by atoms with Gasteiger partial charge >= 0.3 is 0 Å². The van der Waals surface area contributed by atoms with E-state index in [-0.39, 0.29) is 33.3 Å². The first-order valence-corrected chi connectivity index (χ1v) is 12.0. The highest BCUT2D eigenvalue weighted by Gasteiger charge is 2.44. The number of benzene rings is 1. The number of carbonyl (C=O) groups is 1. The van der Waals surface area contributed by atoms with Gasteiger partial charge in [0.2, 0.25) is 0 Å². The summed E-state index contributed by atoms with van der Waals surface area (Å²) in [5, 5.41) is 2.62. The van der Waals surface area contributed by atoms with E-state index in [1.807, 2.05) is 0 Å². The van der Waals surface area contributed by atoms with Crippen molar-refractivity contribution in [2.75, 3.05) is 7.05 Å². The monoisotopic (exact) mass is 415 g/mol. The summed E-state index contributed by atoms with van der Waals surface area (Å²) in [5.74, 6) is -0.459. The fraction of sp³-hybridized carbons (Fsp3) is 0.611. The van der Waals surface area contributed by atoms with E-state index in [1.54, 1.807) is 13.1 Å². The molecule has 1 aliphatic rings. The molecule has 0 aliphatic heterocycles. The van der Waals surface area contributed by atoms with Gasteiger partial charge in [-0.2, -0.15) is 0 Å². The van der Waals surface area contributed by atoms with Crippen molar-refractivity contribution >= 4 is 30.2 Å². The van der Waals surface area contributed by atoms with Gasteiger partial charge in [0.25, 0.3) is 5.91 Å². The number of fused-ring (bicyclic) bond motifs is 1.